The van der Waals surface area contributed by atoms with Crippen LogP contribution in [0, 0.1) is 5.92 Å². The minimum atomic E-state index is -3.51. The van der Waals surface area contributed by atoms with Crippen molar-refractivity contribution in [3.63, 3.8) is 0 Å². The second-order valence-corrected chi connectivity index (χ2v) is 7.95. The van der Waals surface area contributed by atoms with Crippen LogP contribution in [0.5, 0.6) is 0 Å². The largest absolute Gasteiger partial charge is 0.461 e. The molecule has 4 nitrogen and oxygen atoms in total. The molecule has 0 amide bonds. The molecule has 0 unspecified atom stereocenters. The summed E-state index contributed by atoms with van der Waals surface area (Å²) >= 11 is 0. The van der Waals surface area contributed by atoms with E-state index in [0.717, 1.165) is 5.56 Å². The molecular weight excluding hydrogens is 300 g/mol. The molecule has 20 heavy (non-hydrogen) atoms. The third-order valence-corrected chi connectivity index (χ3v) is 5.65. The summed E-state index contributed by atoms with van der Waals surface area (Å²) in [6.07, 6.45) is 1.89. The Balaban J connectivity index is 1.80. The van der Waals surface area contributed by atoms with Crippen LogP contribution in [0.15, 0.2) is 30.3 Å². The summed E-state index contributed by atoms with van der Waals surface area (Å²) in [7, 11) is 1.83. The van der Waals surface area contributed by atoms with E-state index in [9.17, 15) is 13.2 Å². The van der Waals surface area contributed by atoms with Crippen molar-refractivity contribution in [2.75, 3.05) is 0 Å². The van der Waals surface area contributed by atoms with Gasteiger partial charge in [-0.3, -0.25) is 4.79 Å². The Morgan fingerprint density at radius 1 is 1.15 bits per heavy atom. The molecule has 1 aliphatic carbocycles. The highest BCUT2D eigenvalue weighted by Crippen LogP contribution is 2.31. The van der Waals surface area contributed by atoms with Crippen molar-refractivity contribution in [1.29, 1.82) is 0 Å². The third kappa shape index (κ3) is 4.21. The van der Waals surface area contributed by atoms with E-state index in [0.29, 0.717) is 25.7 Å². The van der Waals surface area contributed by atoms with Gasteiger partial charge >= 0.3 is 5.97 Å². The minimum Gasteiger partial charge on any atom is -0.461 e. The fourth-order valence-corrected chi connectivity index (χ4v) is 3.80. The van der Waals surface area contributed by atoms with Gasteiger partial charge in [0.05, 0.1) is 11.2 Å². The Bertz CT molecular complexity index is 548. The molecule has 1 aromatic carbocycles. The molecule has 0 heterocycles. The number of carbonyl (C=O) groups is 1. The second kappa shape index (κ2) is 6.59. The van der Waals surface area contributed by atoms with E-state index in [1.165, 1.54) is 0 Å². The van der Waals surface area contributed by atoms with Crippen LogP contribution in [-0.2, 0) is 25.2 Å². The second-order valence-electron chi connectivity index (χ2n) is 5.04. The van der Waals surface area contributed by atoms with Gasteiger partial charge in [-0.1, -0.05) is 30.3 Å². The Morgan fingerprint density at radius 2 is 1.75 bits per heavy atom. The lowest BCUT2D eigenvalue weighted by atomic mass is 9.89. The maximum Gasteiger partial charge on any atom is 0.309 e. The summed E-state index contributed by atoms with van der Waals surface area (Å²) in [5.74, 6) is -0.465. The number of halogens is 1. The van der Waals surface area contributed by atoms with Crippen LogP contribution in [0.4, 0.5) is 0 Å². The Morgan fingerprint density at radius 3 is 2.30 bits per heavy atom. The maximum atomic E-state index is 11.9. The van der Waals surface area contributed by atoms with E-state index in [1.807, 2.05) is 30.3 Å². The number of hydrogen-bond donors (Lipinski definition) is 0. The standard InChI is InChI=1S/C14H17ClO4S/c15-20(17,18)13-8-6-12(7-9-13)14(16)19-10-11-4-2-1-3-5-11/h1-5,12-13H,6-10H2. The fourth-order valence-electron chi connectivity index (χ4n) is 2.43. The van der Waals surface area contributed by atoms with E-state index in [1.54, 1.807) is 0 Å². The predicted molar refractivity (Wildman–Crippen MR) is 76.8 cm³/mol. The summed E-state index contributed by atoms with van der Waals surface area (Å²) in [5, 5.41) is -0.526. The summed E-state index contributed by atoms with van der Waals surface area (Å²) in [6.45, 7) is 0.257. The van der Waals surface area contributed by atoms with Gasteiger partial charge in [-0.15, -0.1) is 0 Å². The molecule has 1 aliphatic rings. The van der Waals surface area contributed by atoms with Crippen molar-refractivity contribution in [3.8, 4) is 0 Å². The molecule has 0 saturated heterocycles. The first kappa shape index (κ1) is 15.3. The van der Waals surface area contributed by atoms with E-state index in [2.05, 4.69) is 0 Å². The van der Waals surface area contributed by atoms with Gasteiger partial charge in [-0.2, -0.15) is 0 Å². The van der Waals surface area contributed by atoms with Gasteiger partial charge in [-0.25, -0.2) is 8.42 Å². The highest BCUT2D eigenvalue weighted by atomic mass is 35.7. The lowest BCUT2D eigenvalue weighted by molar-refractivity contribution is -0.151. The van der Waals surface area contributed by atoms with Crippen molar-refractivity contribution in [1.82, 2.24) is 0 Å². The minimum absolute atomic E-state index is 0.214. The Hall–Kier alpha value is -1.07. The van der Waals surface area contributed by atoms with Crippen molar-refractivity contribution >= 4 is 25.7 Å². The molecule has 1 saturated carbocycles. The molecule has 2 rings (SSSR count). The highest BCUT2D eigenvalue weighted by Gasteiger charge is 2.33. The summed E-state index contributed by atoms with van der Waals surface area (Å²) in [4.78, 5) is 11.9. The topological polar surface area (TPSA) is 60.4 Å². The molecule has 0 bridgehead atoms. The summed E-state index contributed by atoms with van der Waals surface area (Å²) in [5.41, 5.74) is 0.942. The van der Waals surface area contributed by atoms with E-state index >= 15 is 0 Å². The van der Waals surface area contributed by atoms with E-state index < -0.39 is 14.3 Å². The summed E-state index contributed by atoms with van der Waals surface area (Å²) < 4.78 is 27.7. The smallest absolute Gasteiger partial charge is 0.309 e. The van der Waals surface area contributed by atoms with Crippen molar-refractivity contribution in [2.45, 2.75) is 37.5 Å². The fraction of sp³-hybridized carbons (Fsp3) is 0.500. The molecule has 1 fully saturated rings. The number of hydrogen-bond acceptors (Lipinski definition) is 4. The predicted octanol–water partition coefficient (Wildman–Crippen LogP) is 2.86. The zero-order valence-corrected chi connectivity index (χ0v) is 12.6. The molecule has 0 aromatic heterocycles. The normalized spacial score (nSPS) is 23.2. The molecular formula is C14H17ClO4S. The van der Waals surface area contributed by atoms with Gasteiger partial charge in [0.25, 0.3) is 0 Å². The molecule has 0 radical (unpaired) electrons. The van der Waals surface area contributed by atoms with Gasteiger partial charge in [-0.05, 0) is 31.2 Å². The first-order valence-electron chi connectivity index (χ1n) is 6.61. The average Bonchev–Trinajstić information content (AvgIpc) is 2.45. The van der Waals surface area contributed by atoms with Crippen LogP contribution in [0.2, 0.25) is 0 Å². The lowest BCUT2D eigenvalue weighted by Gasteiger charge is -2.25. The number of rotatable bonds is 4. The molecule has 110 valence electrons. The van der Waals surface area contributed by atoms with Crippen LogP contribution < -0.4 is 0 Å². The first-order valence-corrected chi connectivity index (χ1v) is 8.98. The molecule has 1 aromatic rings. The number of carbonyl (C=O) groups excluding carboxylic acids is 1. The third-order valence-electron chi connectivity index (χ3n) is 3.63. The highest BCUT2D eigenvalue weighted by molar-refractivity contribution is 8.14. The van der Waals surface area contributed by atoms with E-state index in [-0.39, 0.29) is 18.5 Å². The Kier molecular flexibility index (Phi) is 5.05. The van der Waals surface area contributed by atoms with Crippen LogP contribution in [0.1, 0.15) is 31.2 Å². The average molecular weight is 317 g/mol. The Labute approximate surface area is 123 Å². The molecule has 0 spiro atoms. The number of benzene rings is 1. The maximum absolute atomic E-state index is 11.9. The number of esters is 1. The van der Waals surface area contributed by atoms with Gasteiger partial charge in [0, 0.05) is 10.7 Å². The van der Waals surface area contributed by atoms with Crippen LogP contribution in [0.3, 0.4) is 0 Å². The van der Waals surface area contributed by atoms with Crippen LogP contribution >= 0.6 is 10.7 Å². The number of ether oxygens (including phenoxy) is 1. The van der Waals surface area contributed by atoms with Crippen LogP contribution in [0.25, 0.3) is 0 Å². The molecule has 6 heteroatoms. The molecule has 0 atom stereocenters. The van der Waals surface area contributed by atoms with Gasteiger partial charge in [0.1, 0.15) is 6.61 Å². The zero-order valence-electron chi connectivity index (χ0n) is 11.0. The lowest BCUT2D eigenvalue weighted by Crippen LogP contribution is -2.28. The summed E-state index contributed by atoms with van der Waals surface area (Å²) in [6, 6.07) is 9.47. The van der Waals surface area contributed by atoms with Gasteiger partial charge in [0.2, 0.25) is 9.05 Å². The van der Waals surface area contributed by atoms with Gasteiger partial charge in [0.15, 0.2) is 0 Å². The van der Waals surface area contributed by atoms with Gasteiger partial charge < -0.3 is 4.74 Å². The molecule has 0 aliphatic heterocycles. The van der Waals surface area contributed by atoms with Crippen molar-refractivity contribution < 1.29 is 17.9 Å². The van der Waals surface area contributed by atoms with E-state index in [4.69, 9.17) is 15.4 Å². The quantitative estimate of drug-likeness (QED) is 0.633. The first-order chi connectivity index (χ1) is 9.47. The van der Waals surface area contributed by atoms with Crippen molar-refractivity contribution in [3.05, 3.63) is 35.9 Å². The van der Waals surface area contributed by atoms with Crippen molar-refractivity contribution in [2.24, 2.45) is 5.92 Å². The SMILES string of the molecule is O=C(OCc1ccccc1)C1CCC(S(=O)(=O)Cl)CC1. The molecule has 0 N–H and O–H groups in total. The zero-order chi connectivity index (χ0) is 14.6. The van der Waals surface area contributed by atoms with Crippen LogP contribution in [-0.4, -0.2) is 19.6 Å². The monoisotopic (exact) mass is 316 g/mol.